The van der Waals surface area contributed by atoms with Crippen LogP contribution in [0, 0.1) is 10.1 Å². The molecule has 0 atom stereocenters. The van der Waals surface area contributed by atoms with Crippen molar-refractivity contribution in [1.82, 2.24) is 9.88 Å². The maximum absolute atomic E-state index is 10.9. The van der Waals surface area contributed by atoms with Gasteiger partial charge in [-0.1, -0.05) is 11.6 Å². The highest BCUT2D eigenvalue weighted by Crippen LogP contribution is 2.19. The highest BCUT2D eigenvalue weighted by molar-refractivity contribution is 7.15. The molecular weight excluding hydrogens is 268 g/mol. The molecule has 7 nitrogen and oxygen atoms in total. The van der Waals surface area contributed by atoms with Gasteiger partial charge in [0.1, 0.15) is 0 Å². The van der Waals surface area contributed by atoms with Gasteiger partial charge >= 0.3 is 0 Å². The second-order valence-electron chi connectivity index (χ2n) is 2.94. The third kappa shape index (κ3) is 4.08. The maximum atomic E-state index is 10.9. The van der Waals surface area contributed by atoms with Crippen molar-refractivity contribution in [2.24, 2.45) is 4.99 Å². The molecule has 0 aliphatic carbocycles. The summed E-state index contributed by atoms with van der Waals surface area (Å²) in [6.45, 7) is -0.323. The molecule has 0 spiro atoms. The molecule has 0 radical (unpaired) electrons. The van der Waals surface area contributed by atoms with Gasteiger partial charge < -0.3 is 0 Å². The van der Waals surface area contributed by atoms with E-state index in [2.05, 4.69) is 9.98 Å². The van der Waals surface area contributed by atoms with Crippen LogP contribution in [0.5, 0.6) is 0 Å². The molecular formula is C8H9ClN4O3S. The maximum Gasteiger partial charge on any atom is 0.260 e. The zero-order chi connectivity index (χ0) is 12.8. The monoisotopic (exact) mass is 276 g/mol. The first kappa shape index (κ1) is 13.5. The van der Waals surface area contributed by atoms with Crippen molar-refractivity contribution in [3.63, 3.8) is 0 Å². The van der Waals surface area contributed by atoms with Crippen LogP contribution in [-0.2, 0) is 11.3 Å². The van der Waals surface area contributed by atoms with E-state index in [0.717, 1.165) is 9.78 Å². The van der Waals surface area contributed by atoms with Gasteiger partial charge in [-0.25, -0.2) is 4.98 Å². The molecule has 92 valence electrons. The molecule has 0 aliphatic rings. The summed E-state index contributed by atoms with van der Waals surface area (Å²) < 4.78 is 0.357. The lowest BCUT2D eigenvalue weighted by Crippen LogP contribution is -2.34. The van der Waals surface area contributed by atoms with Gasteiger partial charge in [0.2, 0.25) is 6.41 Å². The molecule has 17 heavy (non-hydrogen) atoms. The summed E-state index contributed by atoms with van der Waals surface area (Å²) >= 11 is 6.85. The van der Waals surface area contributed by atoms with E-state index in [-0.39, 0.29) is 12.4 Å². The number of rotatable bonds is 5. The average molecular weight is 277 g/mol. The SMILES string of the molecule is CN=C(C[N+](=O)[O-])N(C=O)Cc1cnc(Cl)s1. The minimum Gasteiger partial charge on any atom is -0.292 e. The number of amidine groups is 1. The molecule has 9 heteroatoms. The Bertz CT molecular complexity index is 448. The number of hydrogen-bond donors (Lipinski definition) is 0. The topological polar surface area (TPSA) is 88.7 Å². The number of carbonyl (C=O) groups is 1. The zero-order valence-electron chi connectivity index (χ0n) is 8.87. The Kier molecular flexibility index (Phi) is 4.98. The molecule has 0 bridgehead atoms. The van der Waals surface area contributed by atoms with Gasteiger partial charge in [0.05, 0.1) is 6.54 Å². The second kappa shape index (κ2) is 6.26. The zero-order valence-corrected chi connectivity index (χ0v) is 10.4. The molecule has 0 unspecified atom stereocenters. The summed E-state index contributed by atoms with van der Waals surface area (Å²) in [6.07, 6.45) is 2.02. The first-order valence-corrected chi connectivity index (χ1v) is 5.66. The lowest BCUT2D eigenvalue weighted by atomic mass is 10.4. The standard InChI is InChI=1S/C8H9ClN4O3S/c1-10-7(4-13(15)16)12(5-14)3-6-2-11-8(9)17-6/h2,5H,3-4H2,1H3. The fourth-order valence-electron chi connectivity index (χ4n) is 1.12. The van der Waals surface area contributed by atoms with Gasteiger partial charge in [0, 0.05) is 23.0 Å². The van der Waals surface area contributed by atoms with Crippen molar-refractivity contribution >= 4 is 35.2 Å². The molecule has 0 aliphatic heterocycles. The van der Waals surface area contributed by atoms with Gasteiger partial charge in [-0.2, -0.15) is 0 Å². The van der Waals surface area contributed by atoms with Crippen LogP contribution in [0.3, 0.4) is 0 Å². The summed E-state index contributed by atoms with van der Waals surface area (Å²) in [5.74, 6) is 0.0922. The fourth-order valence-corrected chi connectivity index (χ4v) is 2.10. The molecule has 1 heterocycles. The van der Waals surface area contributed by atoms with Crippen molar-refractivity contribution in [2.45, 2.75) is 6.54 Å². The van der Waals surface area contributed by atoms with Crippen LogP contribution in [0.25, 0.3) is 0 Å². The van der Waals surface area contributed by atoms with Gasteiger partial charge in [-0.15, -0.1) is 11.3 Å². The van der Waals surface area contributed by atoms with Crippen LogP contribution in [0.2, 0.25) is 4.47 Å². The Balaban J connectivity index is 2.76. The molecule has 1 aromatic rings. The smallest absolute Gasteiger partial charge is 0.260 e. The number of nitrogens with zero attached hydrogens (tertiary/aromatic N) is 4. The summed E-state index contributed by atoms with van der Waals surface area (Å²) in [6, 6.07) is 0. The number of halogens is 1. The summed E-state index contributed by atoms with van der Waals surface area (Å²) in [5.41, 5.74) is 0. The Morgan fingerprint density at radius 2 is 2.53 bits per heavy atom. The molecule has 0 saturated heterocycles. The largest absolute Gasteiger partial charge is 0.292 e. The second-order valence-corrected chi connectivity index (χ2v) is 4.64. The highest BCUT2D eigenvalue weighted by Gasteiger charge is 2.16. The quantitative estimate of drug-likeness (QED) is 0.264. The summed E-state index contributed by atoms with van der Waals surface area (Å²) in [7, 11) is 1.40. The van der Waals surface area contributed by atoms with Crippen LogP contribution in [0.15, 0.2) is 11.2 Å². The van der Waals surface area contributed by atoms with Crippen LogP contribution < -0.4 is 0 Å². The van der Waals surface area contributed by atoms with E-state index in [0.29, 0.717) is 10.9 Å². The van der Waals surface area contributed by atoms with Crippen LogP contribution >= 0.6 is 22.9 Å². The van der Waals surface area contributed by atoms with E-state index in [1.54, 1.807) is 0 Å². The summed E-state index contributed by atoms with van der Waals surface area (Å²) in [4.78, 5) is 30.2. The Labute approximate surface area is 106 Å². The number of carbonyl (C=O) groups excluding carboxylic acids is 1. The lowest BCUT2D eigenvalue weighted by molar-refractivity contribution is -0.464. The average Bonchev–Trinajstić information content (AvgIpc) is 2.68. The Morgan fingerprint density at radius 1 is 1.82 bits per heavy atom. The van der Waals surface area contributed by atoms with E-state index in [1.165, 1.54) is 24.6 Å². The van der Waals surface area contributed by atoms with Gasteiger partial charge in [0.15, 0.2) is 10.3 Å². The number of thiazole rings is 1. The van der Waals surface area contributed by atoms with Crippen LogP contribution in [0.1, 0.15) is 4.88 Å². The fraction of sp³-hybridized carbons (Fsp3) is 0.375. The van der Waals surface area contributed by atoms with Crippen LogP contribution in [-0.4, -0.2) is 40.6 Å². The minimum absolute atomic E-state index is 0.0922. The van der Waals surface area contributed by atoms with Crippen LogP contribution in [0.4, 0.5) is 0 Å². The van der Waals surface area contributed by atoms with Gasteiger partial charge in [0.25, 0.3) is 6.54 Å². The summed E-state index contributed by atoms with van der Waals surface area (Å²) in [5, 5.41) is 10.4. The van der Waals surface area contributed by atoms with E-state index >= 15 is 0 Å². The molecule has 0 aromatic carbocycles. The number of amides is 1. The Morgan fingerprint density at radius 3 is 2.94 bits per heavy atom. The van der Waals surface area contributed by atoms with E-state index in [9.17, 15) is 14.9 Å². The molecule has 1 amide bonds. The number of nitro groups is 1. The first-order valence-electron chi connectivity index (χ1n) is 4.46. The van der Waals surface area contributed by atoms with E-state index < -0.39 is 11.5 Å². The highest BCUT2D eigenvalue weighted by atomic mass is 35.5. The third-order valence-corrected chi connectivity index (χ3v) is 2.94. The molecule has 0 N–H and O–H groups in total. The third-order valence-electron chi connectivity index (χ3n) is 1.84. The van der Waals surface area contributed by atoms with Crippen molar-refractivity contribution in [2.75, 3.05) is 13.6 Å². The molecule has 0 fully saturated rings. The van der Waals surface area contributed by atoms with Crippen molar-refractivity contribution < 1.29 is 9.72 Å². The minimum atomic E-state index is -0.543. The predicted molar refractivity (Wildman–Crippen MR) is 64.0 cm³/mol. The molecule has 1 rings (SSSR count). The van der Waals surface area contributed by atoms with Gasteiger partial charge in [-0.05, 0) is 0 Å². The van der Waals surface area contributed by atoms with Crippen molar-refractivity contribution in [3.8, 4) is 0 Å². The number of aliphatic imine (C=N–C) groups is 1. The normalized spacial score (nSPS) is 11.3. The lowest BCUT2D eigenvalue weighted by Gasteiger charge is -2.15. The predicted octanol–water partition coefficient (Wildman–Crippen LogP) is 1.06. The first-order chi connectivity index (χ1) is 8.06. The van der Waals surface area contributed by atoms with E-state index in [1.807, 2.05) is 0 Å². The molecule has 0 saturated carbocycles. The van der Waals surface area contributed by atoms with Gasteiger partial charge in [-0.3, -0.25) is 24.8 Å². The number of aromatic nitrogens is 1. The molecule has 1 aromatic heterocycles. The van der Waals surface area contributed by atoms with Crippen molar-refractivity contribution in [3.05, 3.63) is 25.7 Å². The van der Waals surface area contributed by atoms with E-state index in [4.69, 9.17) is 11.6 Å². The Hall–Kier alpha value is -1.54. The van der Waals surface area contributed by atoms with Crippen molar-refractivity contribution in [1.29, 1.82) is 0 Å². The number of hydrogen-bond acceptors (Lipinski definition) is 6.